The Kier molecular flexibility index (Phi) is 17.1. The van der Waals surface area contributed by atoms with Crippen molar-refractivity contribution in [3.05, 3.63) is 294 Å². The van der Waals surface area contributed by atoms with Crippen LogP contribution in [0.25, 0.3) is 0 Å². The van der Waals surface area contributed by atoms with Crippen LogP contribution in [0.2, 0.25) is 0 Å². The van der Waals surface area contributed by atoms with Gasteiger partial charge in [0.2, 0.25) is 0 Å². The number of amides is 2. The maximum atomic E-state index is 14.1. The first-order valence-electron chi connectivity index (χ1n) is 27.7. The zero-order valence-electron chi connectivity index (χ0n) is 45.9. The third-order valence-electron chi connectivity index (χ3n) is 15.9. The molecule has 2 fully saturated rings. The summed E-state index contributed by atoms with van der Waals surface area (Å²) in [5.74, 6) is -0.657. The summed E-state index contributed by atoms with van der Waals surface area (Å²) < 4.78 is 11.1. The lowest BCUT2D eigenvalue weighted by atomic mass is 9.75. The monoisotopic (exact) mass is 1100 g/mol. The third kappa shape index (κ3) is 11.5. The average Bonchev–Trinajstić information content (AvgIpc) is 3.64. The number of ether oxygens (including phenoxy) is 2. The van der Waals surface area contributed by atoms with E-state index in [1.165, 1.54) is 24.3 Å². The summed E-state index contributed by atoms with van der Waals surface area (Å²) in [5, 5.41) is 25.0. The highest BCUT2D eigenvalue weighted by molar-refractivity contribution is 5.96. The molecule has 2 heterocycles. The van der Waals surface area contributed by atoms with Gasteiger partial charge in [-0.05, 0) is 59.4 Å². The van der Waals surface area contributed by atoms with Gasteiger partial charge in [0, 0.05) is 99.6 Å². The summed E-state index contributed by atoms with van der Waals surface area (Å²) in [4.78, 5) is 73.6. The maximum Gasteiger partial charge on any atom is 0.508 e. The van der Waals surface area contributed by atoms with Crippen molar-refractivity contribution in [2.24, 2.45) is 0 Å². The van der Waals surface area contributed by atoms with Crippen LogP contribution in [0, 0.1) is 20.2 Å². The predicted molar refractivity (Wildman–Crippen MR) is 313 cm³/mol. The van der Waals surface area contributed by atoms with Gasteiger partial charge in [0.25, 0.3) is 23.2 Å². The Labute approximate surface area is 477 Å². The molecule has 10 rings (SSSR count). The van der Waals surface area contributed by atoms with Gasteiger partial charge in [-0.25, -0.2) is 4.79 Å². The molecular weight excluding hydrogens is 1030 g/mol. The second kappa shape index (κ2) is 25.0. The molecule has 2 unspecified atom stereocenters. The fourth-order valence-electron chi connectivity index (χ4n) is 12.2. The zero-order valence-corrected chi connectivity index (χ0v) is 45.9. The van der Waals surface area contributed by atoms with Crippen LogP contribution in [0.1, 0.15) is 79.1 Å². The molecule has 2 aliphatic heterocycles. The summed E-state index contributed by atoms with van der Waals surface area (Å²) in [6, 6.07) is 70.7. The molecule has 0 saturated carbocycles. The van der Waals surface area contributed by atoms with Gasteiger partial charge in [-0.3, -0.25) is 39.6 Å². The molecule has 2 atom stereocenters. The Hall–Kier alpha value is -9.31. The van der Waals surface area contributed by atoms with Crippen molar-refractivity contribution in [2.45, 2.75) is 50.0 Å². The number of nitro groups is 2. The van der Waals surface area contributed by atoms with Gasteiger partial charge in [0.1, 0.15) is 12.2 Å². The summed E-state index contributed by atoms with van der Waals surface area (Å²) in [6.07, 6.45) is -2.96. The van der Waals surface area contributed by atoms with E-state index in [-0.39, 0.29) is 58.3 Å². The second-order valence-corrected chi connectivity index (χ2v) is 20.9. The van der Waals surface area contributed by atoms with E-state index in [4.69, 9.17) is 9.47 Å². The Bertz CT molecular complexity index is 3080. The molecule has 0 N–H and O–H groups in total. The maximum absolute atomic E-state index is 14.1. The van der Waals surface area contributed by atoms with Gasteiger partial charge in [-0.15, -0.1) is 0 Å². The van der Waals surface area contributed by atoms with Crippen molar-refractivity contribution < 1.29 is 33.7 Å². The fraction of sp³-hybridized carbons (Fsp3) is 0.239. The van der Waals surface area contributed by atoms with E-state index in [0.717, 1.165) is 33.4 Å². The summed E-state index contributed by atoms with van der Waals surface area (Å²) in [6.45, 7) is 6.78. The van der Waals surface area contributed by atoms with Crippen molar-refractivity contribution in [1.82, 2.24) is 19.6 Å². The normalized spacial score (nSPS) is 15.0. The van der Waals surface area contributed by atoms with Crippen molar-refractivity contribution in [2.75, 3.05) is 52.4 Å². The second-order valence-electron chi connectivity index (χ2n) is 20.9. The van der Waals surface area contributed by atoms with Gasteiger partial charge in [0.05, 0.1) is 20.9 Å². The number of carbonyl (C=O) groups is 3. The van der Waals surface area contributed by atoms with Crippen LogP contribution in [0.15, 0.2) is 218 Å². The molecule has 2 amide bonds. The molecule has 0 spiro atoms. The molecule has 0 bridgehead atoms. The molecule has 15 nitrogen and oxygen atoms in total. The van der Waals surface area contributed by atoms with Crippen molar-refractivity contribution >= 4 is 29.3 Å². The SMILES string of the molecule is CC(Cc1ccc(C(=O)N2CCN(C(c3ccccc3)(c3ccccc3)c3ccccc3)CC2)cc1[N+](=O)[O-])OC(=O)OC(C)Cc1ccc(C(=O)N2CCN(C(c3ccccc3)(c3ccccc3)c3ccccc3)CC2)cc1[N+](=O)[O-]. The van der Waals surface area contributed by atoms with Crippen LogP contribution in [0.3, 0.4) is 0 Å². The molecule has 2 aliphatic rings. The van der Waals surface area contributed by atoms with E-state index in [2.05, 4.69) is 82.6 Å². The van der Waals surface area contributed by atoms with Gasteiger partial charge < -0.3 is 19.3 Å². The van der Waals surface area contributed by atoms with E-state index in [0.29, 0.717) is 52.4 Å². The largest absolute Gasteiger partial charge is 0.508 e. The van der Waals surface area contributed by atoms with Gasteiger partial charge in [0.15, 0.2) is 0 Å². The average molecular weight is 1100 g/mol. The molecule has 416 valence electrons. The van der Waals surface area contributed by atoms with Crippen LogP contribution < -0.4 is 0 Å². The van der Waals surface area contributed by atoms with E-state index in [9.17, 15) is 34.6 Å². The van der Waals surface area contributed by atoms with E-state index < -0.39 is 39.3 Å². The summed E-state index contributed by atoms with van der Waals surface area (Å²) >= 11 is 0. The minimum absolute atomic E-state index is 0.0581. The Morgan fingerprint density at radius 3 is 0.915 bits per heavy atom. The molecule has 82 heavy (non-hydrogen) atoms. The lowest BCUT2D eigenvalue weighted by molar-refractivity contribution is -0.385. The predicted octanol–water partition coefficient (Wildman–Crippen LogP) is 11.7. The van der Waals surface area contributed by atoms with Crippen molar-refractivity contribution in [3.63, 3.8) is 0 Å². The van der Waals surface area contributed by atoms with Crippen LogP contribution in [0.4, 0.5) is 16.2 Å². The molecule has 8 aromatic rings. The minimum atomic E-state index is -1.06. The number of carbonyl (C=O) groups excluding carboxylic acids is 3. The quantitative estimate of drug-likeness (QED) is 0.0347. The molecule has 0 radical (unpaired) electrons. The van der Waals surface area contributed by atoms with Crippen LogP contribution >= 0.6 is 0 Å². The smallest absolute Gasteiger partial charge is 0.431 e. The van der Waals surface area contributed by atoms with E-state index in [1.54, 1.807) is 35.8 Å². The number of rotatable bonds is 18. The summed E-state index contributed by atoms with van der Waals surface area (Å²) in [7, 11) is 0. The molecule has 8 aromatic carbocycles. The minimum Gasteiger partial charge on any atom is -0.431 e. The first-order valence-corrected chi connectivity index (χ1v) is 27.7. The van der Waals surface area contributed by atoms with Gasteiger partial charge >= 0.3 is 6.16 Å². The molecule has 15 heteroatoms. The fourth-order valence-corrected chi connectivity index (χ4v) is 12.2. The Morgan fingerprint density at radius 2 is 0.671 bits per heavy atom. The number of nitrogens with zero attached hydrogens (tertiary/aromatic N) is 6. The highest BCUT2D eigenvalue weighted by Crippen LogP contribution is 2.45. The van der Waals surface area contributed by atoms with Crippen LogP contribution in [-0.4, -0.2) is 112 Å². The molecule has 0 aliphatic carbocycles. The zero-order chi connectivity index (χ0) is 57.2. The number of nitro benzene ring substituents is 2. The number of hydrogen-bond acceptors (Lipinski definition) is 11. The number of benzene rings is 8. The summed E-state index contributed by atoms with van der Waals surface area (Å²) in [5.41, 5.74) is 5.55. The lowest BCUT2D eigenvalue weighted by Gasteiger charge is -2.49. The number of piperazine rings is 2. The lowest BCUT2D eigenvalue weighted by Crippen LogP contribution is -2.57. The van der Waals surface area contributed by atoms with E-state index in [1.807, 2.05) is 109 Å². The first kappa shape index (κ1) is 56.0. The van der Waals surface area contributed by atoms with Crippen molar-refractivity contribution in [3.8, 4) is 0 Å². The highest BCUT2D eigenvalue weighted by atomic mass is 16.7. The van der Waals surface area contributed by atoms with Crippen LogP contribution in [-0.2, 0) is 33.4 Å². The standard InChI is InChI=1S/C67H64N6O9/c1-49(45-51-33-35-53(47-61(51)72(77)78)63(74)68-37-41-70(42-38-68)66(55-21-9-3-10-22-55,56-23-11-4-12-24-56)57-25-13-5-14-26-57)81-65(76)82-50(2)46-52-34-36-54(48-62(52)73(79)80)64(75)69-39-43-71(44-40-69)67(58-27-15-6-16-28-58,59-29-17-7-18-30-59)60-31-19-8-20-32-60/h3-36,47-50H,37-46H2,1-2H3. The van der Waals surface area contributed by atoms with Gasteiger partial charge in [-0.2, -0.15) is 0 Å². The topological polar surface area (TPSA) is 169 Å². The number of hydrogen-bond donors (Lipinski definition) is 0. The van der Waals surface area contributed by atoms with E-state index >= 15 is 0 Å². The third-order valence-corrected chi connectivity index (χ3v) is 15.9. The Balaban J connectivity index is 0.753. The molecule has 2 saturated heterocycles. The van der Waals surface area contributed by atoms with Crippen LogP contribution in [0.5, 0.6) is 0 Å². The van der Waals surface area contributed by atoms with Crippen molar-refractivity contribution in [1.29, 1.82) is 0 Å². The highest BCUT2D eigenvalue weighted by Gasteiger charge is 2.45. The first-order chi connectivity index (χ1) is 39.9. The van der Waals surface area contributed by atoms with Gasteiger partial charge in [-0.1, -0.05) is 194 Å². The Morgan fingerprint density at radius 1 is 0.415 bits per heavy atom. The molecule has 0 aromatic heterocycles. The molecular formula is C67H64N6O9.